The van der Waals surface area contributed by atoms with Crippen molar-refractivity contribution < 1.29 is 23.9 Å². The summed E-state index contributed by atoms with van der Waals surface area (Å²) >= 11 is 0. The van der Waals surface area contributed by atoms with Crippen molar-refractivity contribution in [1.29, 1.82) is 0 Å². The molecule has 1 atom stereocenters. The van der Waals surface area contributed by atoms with E-state index in [4.69, 9.17) is 15.4 Å². The smallest absolute Gasteiger partial charge is 0.328 e. The molecule has 0 spiro atoms. The second-order valence-corrected chi connectivity index (χ2v) is 6.05. The Bertz CT molecular complexity index is 485. The van der Waals surface area contributed by atoms with Crippen LogP contribution >= 0.6 is 7.60 Å². The average molecular weight is 290 g/mol. The lowest BCUT2D eigenvalue weighted by molar-refractivity contribution is -0.136. The molecule has 0 aliphatic heterocycles. The molecule has 0 amide bonds. The van der Waals surface area contributed by atoms with Gasteiger partial charge in [-0.3, -0.25) is 9.36 Å². The molecule has 0 radical (unpaired) electrons. The van der Waals surface area contributed by atoms with Crippen molar-refractivity contribution in [2.75, 3.05) is 12.8 Å². The quantitative estimate of drug-likeness (QED) is 0.526. The molecule has 0 saturated heterocycles. The van der Waals surface area contributed by atoms with Crippen LogP contribution in [-0.2, 0) is 33.3 Å². The minimum absolute atomic E-state index is 0.0463. The van der Waals surface area contributed by atoms with Gasteiger partial charge in [0, 0.05) is 18.4 Å². The lowest BCUT2D eigenvalue weighted by Crippen LogP contribution is -2.08. The highest BCUT2D eigenvalue weighted by molar-refractivity contribution is 7.52. The number of aromatic nitrogens is 1. The molecule has 5 N–H and O–H groups in total. The van der Waals surface area contributed by atoms with Crippen LogP contribution in [0.3, 0.4) is 0 Å². The fourth-order valence-corrected chi connectivity index (χ4v) is 2.90. The number of nitrogens with two attached hydrogens (primary N) is 1. The number of hydrogen-bond donors (Lipinski definition) is 4. The number of hydrogen-bond acceptors (Lipinski definition) is 4. The van der Waals surface area contributed by atoms with Crippen molar-refractivity contribution >= 4 is 13.6 Å². The van der Waals surface area contributed by atoms with Crippen molar-refractivity contribution in [1.82, 2.24) is 4.98 Å². The highest BCUT2D eigenvalue weighted by atomic mass is 31.2. The Morgan fingerprint density at radius 2 is 2.26 bits per heavy atom. The lowest BCUT2D eigenvalue weighted by Gasteiger charge is -2.10. The summed E-state index contributed by atoms with van der Waals surface area (Å²) in [6.07, 6.45) is 1.70. The van der Waals surface area contributed by atoms with Crippen LogP contribution in [0, 0.1) is 0 Å². The van der Waals surface area contributed by atoms with Crippen molar-refractivity contribution in [3.05, 3.63) is 23.0 Å². The summed E-state index contributed by atoms with van der Waals surface area (Å²) in [4.78, 5) is 23.2. The number of aliphatic carboxylic acids is 1. The average Bonchev–Trinajstić information content (AvgIpc) is 2.68. The van der Waals surface area contributed by atoms with Crippen LogP contribution in [-0.4, -0.2) is 33.7 Å². The van der Waals surface area contributed by atoms with E-state index in [0.29, 0.717) is 16.8 Å². The Labute approximate surface area is 111 Å². The number of carbonyl (C=O) groups is 1. The van der Waals surface area contributed by atoms with Gasteiger partial charge in [0.1, 0.15) is 0 Å². The van der Waals surface area contributed by atoms with Crippen LogP contribution in [0.25, 0.3) is 0 Å². The molecule has 1 heterocycles. The fraction of sp³-hybridized carbons (Fsp3) is 0.545. The molecule has 1 aromatic rings. The van der Waals surface area contributed by atoms with E-state index in [-0.39, 0.29) is 32.2 Å². The third-order valence-corrected chi connectivity index (χ3v) is 4.15. The van der Waals surface area contributed by atoms with E-state index < -0.39 is 13.6 Å². The third-order valence-electron chi connectivity index (χ3n) is 2.70. The Hall–Kier alpha value is -1.14. The molecule has 1 unspecified atom stereocenters. The maximum Gasteiger partial charge on any atom is 0.328 e. The zero-order valence-electron chi connectivity index (χ0n) is 10.8. The third kappa shape index (κ3) is 4.80. The molecule has 7 nitrogen and oxygen atoms in total. The second-order valence-electron chi connectivity index (χ2n) is 4.07. The van der Waals surface area contributed by atoms with Crippen LogP contribution in [0.5, 0.6) is 0 Å². The van der Waals surface area contributed by atoms with E-state index in [1.165, 1.54) is 0 Å². The van der Waals surface area contributed by atoms with Gasteiger partial charge in [0.05, 0.1) is 19.2 Å². The van der Waals surface area contributed by atoms with Crippen LogP contribution < -0.4 is 5.73 Å². The van der Waals surface area contributed by atoms with Crippen molar-refractivity contribution in [3.8, 4) is 0 Å². The van der Waals surface area contributed by atoms with Crippen LogP contribution in [0.4, 0.5) is 0 Å². The van der Waals surface area contributed by atoms with Gasteiger partial charge in [-0.05, 0) is 24.5 Å². The van der Waals surface area contributed by atoms with E-state index >= 15 is 0 Å². The molecule has 19 heavy (non-hydrogen) atoms. The van der Waals surface area contributed by atoms with Gasteiger partial charge in [-0.2, -0.15) is 0 Å². The topological polar surface area (TPSA) is 126 Å². The zero-order valence-corrected chi connectivity index (χ0v) is 11.7. The molecule has 0 fully saturated rings. The summed E-state index contributed by atoms with van der Waals surface area (Å²) in [5.74, 6) is -0.965. The van der Waals surface area contributed by atoms with Gasteiger partial charge in [-0.15, -0.1) is 0 Å². The number of H-pyrrole nitrogens is 1. The Balaban J connectivity index is 2.80. The summed E-state index contributed by atoms with van der Waals surface area (Å²) in [5.41, 5.74) is 7.44. The number of rotatable bonds is 8. The van der Waals surface area contributed by atoms with Crippen molar-refractivity contribution in [3.63, 3.8) is 0 Å². The zero-order chi connectivity index (χ0) is 14.5. The van der Waals surface area contributed by atoms with Crippen molar-refractivity contribution in [2.45, 2.75) is 26.3 Å². The Morgan fingerprint density at radius 1 is 1.58 bits per heavy atom. The Morgan fingerprint density at radius 3 is 2.79 bits per heavy atom. The van der Waals surface area contributed by atoms with E-state index in [9.17, 15) is 14.3 Å². The van der Waals surface area contributed by atoms with E-state index in [1.54, 1.807) is 13.1 Å². The molecule has 0 saturated carbocycles. The predicted octanol–water partition coefficient (Wildman–Crippen LogP) is 0.865. The van der Waals surface area contributed by atoms with Gasteiger partial charge in [0.15, 0.2) is 0 Å². The summed E-state index contributed by atoms with van der Waals surface area (Å²) < 4.78 is 16.3. The van der Waals surface area contributed by atoms with E-state index in [2.05, 4.69) is 4.98 Å². The summed E-state index contributed by atoms with van der Waals surface area (Å²) in [7, 11) is -3.60. The SMILES string of the molecule is CCOP(=O)(O)CCc1c[nH]c(CN)c1CC(=O)O. The molecular weight excluding hydrogens is 271 g/mol. The largest absolute Gasteiger partial charge is 0.481 e. The summed E-state index contributed by atoms with van der Waals surface area (Å²) in [6, 6.07) is 0. The maximum absolute atomic E-state index is 11.6. The summed E-state index contributed by atoms with van der Waals surface area (Å²) in [6.45, 7) is 2.00. The van der Waals surface area contributed by atoms with E-state index in [1.807, 2.05) is 0 Å². The Kier molecular flexibility index (Phi) is 5.75. The van der Waals surface area contributed by atoms with Gasteiger partial charge in [0.2, 0.25) is 0 Å². The van der Waals surface area contributed by atoms with E-state index in [0.717, 1.165) is 0 Å². The van der Waals surface area contributed by atoms with Gasteiger partial charge in [0.25, 0.3) is 0 Å². The monoisotopic (exact) mass is 290 g/mol. The van der Waals surface area contributed by atoms with Gasteiger partial charge >= 0.3 is 13.6 Å². The number of aromatic amines is 1. The van der Waals surface area contributed by atoms with Gasteiger partial charge in [-0.25, -0.2) is 0 Å². The molecule has 0 aromatic carbocycles. The lowest BCUT2D eigenvalue weighted by atomic mass is 10.1. The predicted molar refractivity (Wildman–Crippen MR) is 70.0 cm³/mol. The molecule has 0 aliphatic carbocycles. The standard InChI is InChI=1S/C11H19N2O5P/c1-2-18-19(16,17)4-3-8-7-13-10(6-12)9(8)5-11(14)15/h7,13H,2-6,12H2,1H3,(H,14,15)(H,16,17). The number of carboxylic acids is 1. The molecule has 1 rings (SSSR count). The molecule has 108 valence electrons. The van der Waals surface area contributed by atoms with Crippen LogP contribution in [0.15, 0.2) is 6.20 Å². The van der Waals surface area contributed by atoms with Gasteiger partial charge in [-0.1, -0.05) is 0 Å². The molecule has 0 bridgehead atoms. The first-order valence-corrected chi connectivity index (χ1v) is 7.72. The van der Waals surface area contributed by atoms with Gasteiger partial charge < -0.3 is 25.2 Å². The first-order valence-electron chi connectivity index (χ1n) is 5.95. The number of carboxylic acid groups (broad SMARTS) is 1. The fourth-order valence-electron chi connectivity index (χ4n) is 1.85. The molecule has 0 aliphatic rings. The minimum Gasteiger partial charge on any atom is -0.481 e. The second kappa shape index (κ2) is 6.86. The normalized spacial score (nSPS) is 14.3. The first-order chi connectivity index (χ1) is 8.89. The highest BCUT2D eigenvalue weighted by Crippen LogP contribution is 2.42. The molecule has 1 aromatic heterocycles. The van der Waals surface area contributed by atoms with Crippen LogP contribution in [0.2, 0.25) is 0 Å². The number of nitrogens with one attached hydrogen (secondary N) is 1. The molecular formula is C11H19N2O5P. The molecule has 8 heteroatoms. The summed E-state index contributed by atoms with van der Waals surface area (Å²) in [5, 5.41) is 8.86. The minimum atomic E-state index is -3.60. The highest BCUT2D eigenvalue weighted by Gasteiger charge is 2.21. The maximum atomic E-state index is 11.6. The van der Waals surface area contributed by atoms with Crippen molar-refractivity contribution in [2.24, 2.45) is 5.73 Å². The first kappa shape index (κ1) is 15.9. The van der Waals surface area contributed by atoms with Crippen LogP contribution in [0.1, 0.15) is 23.7 Å². The number of aryl methyl sites for hydroxylation is 1.